The molecule has 19 heavy (non-hydrogen) atoms. The topological polar surface area (TPSA) is 37.5 Å². The maximum Gasteiger partial charge on any atom is 0.471 e. The van der Waals surface area contributed by atoms with Crippen LogP contribution in [0, 0.1) is 0 Å². The number of amidine groups is 1. The van der Waals surface area contributed by atoms with Gasteiger partial charge in [-0.2, -0.15) is 0 Å². The first-order valence-electron chi connectivity index (χ1n) is 7.07. The first-order chi connectivity index (χ1) is 9.34. The number of hydrogen-bond acceptors (Lipinski definition) is 2. The molecule has 102 valence electrons. The standard InChI is InChI=1S/C14H20N3O2/c18-13-7-1-2-12-17(13)19-14(15-8-3-4-9-15)16-10-5-6-11-16/h1-2,7,12H,3-6,8-11H2/q+1. The van der Waals surface area contributed by atoms with Crippen molar-refractivity contribution < 1.29 is 9.41 Å². The van der Waals surface area contributed by atoms with Gasteiger partial charge in [0.1, 0.15) is 0 Å². The molecule has 0 N–H and O–H groups in total. The number of likely N-dealkylation sites (tertiary alicyclic amines) is 1. The summed E-state index contributed by atoms with van der Waals surface area (Å²) in [5, 5.41) is 0. The minimum Gasteiger partial charge on any atom is -0.295 e. The molecule has 0 unspecified atom stereocenters. The first kappa shape index (κ1) is 12.3. The molecule has 3 heterocycles. The second-order valence-electron chi connectivity index (χ2n) is 5.13. The van der Waals surface area contributed by atoms with Gasteiger partial charge in [-0.05, 0) is 31.7 Å². The van der Waals surface area contributed by atoms with Gasteiger partial charge >= 0.3 is 6.02 Å². The summed E-state index contributed by atoms with van der Waals surface area (Å²) in [5.74, 6) is 0. The molecule has 0 aliphatic carbocycles. The Morgan fingerprint density at radius 2 is 1.84 bits per heavy atom. The molecule has 2 saturated heterocycles. The predicted molar refractivity (Wildman–Crippen MR) is 72.3 cm³/mol. The van der Waals surface area contributed by atoms with E-state index in [4.69, 9.17) is 4.84 Å². The highest BCUT2D eigenvalue weighted by Gasteiger charge is 2.31. The Bertz CT molecular complexity index is 521. The molecule has 3 rings (SSSR count). The quantitative estimate of drug-likeness (QED) is 0.547. The number of pyridine rings is 1. The molecule has 1 aromatic heterocycles. The van der Waals surface area contributed by atoms with Crippen molar-refractivity contribution in [2.24, 2.45) is 0 Å². The lowest BCUT2D eigenvalue weighted by Crippen LogP contribution is -2.45. The molecule has 0 spiro atoms. The van der Waals surface area contributed by atoms with Crippen molar-refractivity contribution in [3.05, 3.63) is 34.7 Å². The van der Waals surface area contributed by atoms with E-state index in [0.717, 1.165) is 32.2 Å². The second kappa shape index (κ2) is 5.47. The van der Waals surface area contributed by atoms with E-state index in [9.17, 15) is 4.79 Å². The summed E-state index contributed by atoms with van der Waals surface area (Å²) in [5.41, 5.74) is -0.126. The second-order valence-corrected chi connectivity index (χ2v) is 5.13. The van der Waals surface area contributed by atoms with Gasteiger partial charge in [0, 0.05) is 12.3 Å². The lowest BCUT2D eigenvalue weighted by Gasteiger charge is -2.15. The maximum atomic E-state index is 11.8. The summed E-state index contributed by atoms with van der Waals surface area (Å²) in [6.07, 6.45) is 6.47. The van der Waals surface area contributed by atoms with Crippen molar-refractivity contribution in [3.63, 3.8) is 0 Å². The van der Waals surface area contributed by atoms with E-state index in [1.54, 1.807) is 12.3 Å². The Morgan fingerprint density at radius 3 is 2.53 bits per heavy atom. The van der Waals surface area contributed by atoms with Gasteiger partial charge in [-0.15, -0.1) is 4.73 Å². The molecular weight excluding hydrogens is 242 g/mol. The van der Waals surface area contributed by atoms with Crippen LogP contribution in [-0.2, 0) is 0 Å². The average Bonchev–Trinajstić information content (AvgIpc) is 3.11. The summed E-state index contributed by atoms with van der Waals surface area (Å²) in [4.78, 5) is 19.9. The van der Waals surface area contributed by atoms with E-state index in [1.165, 1.54) is 36.5 Å². The molecule has 5 nitrogen and oxygen atoms in total. The van der Waals surface area contributed by atoms with Gasteiger partial charge in [-0.25, -0.2) is 9.48 Å². The molecular formula is C14H20N3O2+. The fourth-order valence-electron chi connectivity index (χ4n) is 2.71. The van der Waals surface area contributed by atoms with Crippen LogP contribution in [0.5, 0.6) is 0 Å². The smallest absolute Gasteiger partial charge is 0.295 e. The van der Waals surface area contributed by atoms with Crippen LogP contribution in [0.3, 0.4) is 0 Å². The Hall–Kier alpha value is -1.78. The van der Waals surface area contributed by atoms with E-state index in [2.05, 4.69) is 9.48 Å². The van der Waals surface area contributed by atoms with Crippen molar-refractivity contribution in [2.75, 3.05) is 26.2 Å². The van der Waals surface area contributed by atoms with E-state index >= 15 is 0 Å². The molecule has 5 heteroatoms. The molecule has 0 saturated carbocycles. The minimum absolute atomic E-state index is 0.126. The minimum atomic E-state index is -0.126. The van der Waals surface area contributed by atoms with Gasteiger partial charge < -0.3 is 0 Å². The Morgan fingerprint density at radius 1 is 1.11 bits per heavy atom. The lowest BCUT2D eigenvalue weighted by atomic mass is 10.4. The molecule has 0 atom stereocenters. The third-order valence-corrected chi connectivity index (χ3v) is 3.72. The molecule has 0 bridgehead atoms. The molecule has 2 aliphatic rings. The van der Waals surface area contributed by atoms with Crippen molar-refractivity contribution in [3.8, 4) is 0 Å². The van der Waals surface area contributed by atoms with Crippen molar-refractivity contribution in [1.29, 1.82) is 0 Å². The highest BCUT2D eigenvalue weighted by Crippen LogP contribution is 2.10. The first-order valence-corrected chi connectivity index (χ1v) is 7.07. The SMILES string of the molecule is O=c1ccccn1OC(N1CCCC1)=[N+]1CCCC1. The van der Waals surface area contributed by atoms with Crippen molar-refractivity contribution >= 4 is 6.02 Å². The van der Waals surface area contributed by atoms with Crippen LogP contribution in [0.1, 0.15) is 25.7 Å². The number of rotatable bonds is 1. The number of aromatic nitrogens is 1. The van der Waals surface area contributed by atoms with Crippen LogP contribution < -0.4 is 10.4 Å². The summed E-state index contributed by atoms with van der Waals surface area (Å²) in [6.45, 7) is 4.08. The van der Waals surface area contributed by atoms with Crippen LogP contribution in [0.2, 0.25) is 0 Å². The molecule has 0 amide bonds. The van der Waals surface area contributed by atoms with Gasteiger partial charge in [0.05, 0.1) is 26.2 Å². The van der Waals surface area contributed by atoms with Gasteiger partial charge in [-0.3, -0.25) is 9.63 Å². The normalized spacial score (nSPS) is 18.9. The zero-order valence-corrected chi connectivity index (χ0v) is 11.1. The number of nitrogens with zero attached hydrogens (tertiary/aromatic N) is 3. The Labute approximate surface area is 112 Å². The highest BCUT2D eigenvalue weighted by atomic mass is 16.7. The third kappa shape index (κ3) is 2.64. The van der Waals surface area contributed by atoms with Gasteiger partial charge in [0.2, 0.25) is 0 Å². The van der Waals surface area contributed by atoms with Crippen molar-refractivity contribution in [2.45, 2.75) is 25.7 Å². The highest BCUT2D eigenvalue weighted by molar-refractivity contribution is 5.69. The van der Waals surface area contributed by atoms with Crippen LogP contribution in [-0.4, -0.2) is 46.4 Å². The summed E-state index contributed by atoms with van der Waals surface area (Å²) < 4.78 is 3.58. The lowest BCUT2D eigenvalue weighted by molar-refractivity contribution is -0.520. The van der Waals surface area contributed by atoms with Crippen LogP contribution in [0.15, 0.2) is 29.2 Å². The third-order valence-electron chi connectivity index (χ3n) is 3.72. The molecule has 0 radical (unpaired) electrons. The van der Waals surface area contributed by atoms with Gasteiger partial charge in [0.15, 0.2) is 0 Å². The predicted octanol–water partition coefficient (Wildman–Crippen LogP) is 0.535. The van der Waals surface area contributed by atoms with E-state index in [-0.39, 0.29) is 5.56 Å². The fourth-order valence-corrected chi connectivity index (χ4v) is 2.71. The fraction of sp³-hybridized carbons (Fsp3) is 0.571. The van der Waals surface area contributed by atoms with Crippen LogP contribution >= 0.6 is 0 Å². The molecule has 2 fully saturated rings. The number of hydrogen-bond donors (Lipinski definition) is 0. The van der Waals surface area contributed by atoms with Gasteiger partial charge in [-0.1, -0.05) is 6.07 Å². The van der Waals surface area contributed by atoms with Crippen LogP contribution in [0.25, 0.3) is 0 Å². The van der Waals surface area contributed by atoms with E-state index < -0.39 is 0 Å². The van der Waals surface area contributed by atoms with E-state index in [0.29, 0.717) is 0 Å². The van der Waals surface area contributed by atoms with Gasteiger partial charge in [0.25, 0.3) is 5.56 Å². The Kier molecular flexibility index (Phi) is 3.53. The average molecular weight is 262 g/mol. The zero-order chi connectivity index (χ0) is 13.1. The summed E-state index contributed by atoms with van der Waals surface area (Å²) in [6, 6.07) is 5.91. The summed E-state index contributed by atoms with van der Waals surface area (Å²) >= 11 is 0. The Balaban J connectivity index is 1.89. The largest absolute Gasteiger partial charge is 0.471 e. The summed E-state index contributed by atoms with van der Waals surface area (Å²) in [7, 11) is 0. The maximum absolute atomic E-state index is 11.8. The zero-order valence-electron chi connectivity index (χ0n) is 11.1. The molecule has 0 aromatic carbocycles. The monoisotopic (exact) mass is 262 g/mol. The van der Waals surface area contributed by atoms with Crippen LogP contribution in [0.4, 0.5) is 0 Å². The molecule has 1 aromatic rings. The van der Waals surface area contributed by atoms with E-state index in [1.807, 2.05) is 6.07 Å². The van der Waals surface area contributed by atoms with Crippen molar-refractivity contribution in [1.82, 2.24) is 9.63 Å². The molecule has 2 aliphatic heterocycles.